The van der Waals surface area contributed by atoms with Gasteiger partial charge in [0.25, 0.3) is 0 Å². The fourth-order valence-corrected chi connectivity index (χ4v) is 0.874. The largest absolute Gasteiger partial charge is 0.393 e. The highest BCUT2D eigenvalue weighted by Crippen LogP contribution is 1.93. The molecule has 0 bridgehead atoms. The Hall–Kier alpha value is -0.520. The van der Waals surface area contributed by atoms with Crippen LogP contribution in [0.15, 0.2) is 0 Å². The van der Waals surface area contributed by atoms with Crippen molar-refractivity contribution < 1.29 is 5.11 Å². The lowest BCUT2D eigenvalue weighted by molar-refractivity contribution is 0.160. The third-order valence-corrected chi connectivity index (χ3v) is 1.73. The Morgan fingerprint density at radius 1 is 1.42 bits per heavy atom. The molecular weight excluding hydrogens is 150 g/mol. The molecule has 0 aromatic carbocycles. The van der Waals surface area contributed by atoms with Gasteiger partial charge in [-0.15, -0.1) is 11.8 Å². The van der Waals surface area contributed by atoms with Gasteiger partial charge in [-0.3, -0.25) is 0 Å². The van der Waals surface area contributed by atoms with Crippen LogP contribution >= 0.6 is 0 Å². The van der Waals surface area contributed by atoms with Crippen molar-refractivity contribution in [3.05, 3.63) is 0 Å². The van der Waals surface area contributed by atoms with E-state index >= 15 is 0 Å². The second kappa shape index (κ2) is 8.58. The Morgan fingerprint density at radius 2 is 2.17 bits per heavy atom. The Morgan fingerprint density at radius 3 is 2.75 bits per heavy atom. The van der Waals surface area contributed by atoms with E-state index in [1.165, 1.54) is 0 Å². The SMILES string of the molecule is CC#CCCNCCC(O)CC. The molecule has 1 unspecified atom stereocenters. The zero-order valence-electron chi connectivity index (χ0n) is 8.06. The Labute approximate surface area is 75.4 Å². The van der Waals surface area contributed by atoms with E-state index in [4.69, 9.17) is 0 Å². The number of aliphatic hydroxyl groups is 1. The van der Waals surface area contributed by atoms with Gasteiger partial charge in [0.2, 0.25) is 0 Å². The van der Waals surface area contributed by atoms with E-state index in [-0.39, 0.29) is 6.10 Å². The topological polar surface area (TPSA) is 32.3 Å². The maximum atomic E-state index is 9.19. The van der Waals surface area contributed by atoms with E-state index in [1.807, 2.05) is 13.8 Å². The van der Waals surface area contributed by atoms with Gasteiger partial charge in [0.1, 0.15) is 0 Å². The number of nitrogens with one attached hydrogen (secondary N) is 1. The zero-order chi connectivity index (χ0) is 9.23. The molecule has 0 fully saturated rings. The standard InChI is InChI=1S/C10H19NO/c1-3-5-6-8-11-9-7-10(12)4-2/h10-12H,4,6-9H2,1-2H3. The van der Waals surface area contributed by atoms with Gasteiger partial charge in [-0.2, -0.15) is 0 Å². The molecule has 0 aliphatic carbocycles. The van der Waals surface area contributed by atoms with Gasteiger partial charge in [0, 0.05) is 13.0 Å². The molecule has 1 atom stereocenters. The average molecular weight is 169 g/mol. The van der Waals surface area contributed by atoms with Crippen LogP contribution in [0.5, 0.6) is 0 Å². The van der Waals surface area contributed by atoms with Crippen molar-refractivity contribution in [3.8, 4) is 11.8 Å². The predicted octanol–water partition coefficient (Wildman–Crippen LogP) is 1.15. The summed E-state index contributed by atoms with van der Waals surface area (Å²) in [4.78, 5) is 0. The summed E-state index contributed by atoms with van der Waals surface area (Å²) >= 11 is 0. The van der Waals surface area contributed by atoms with E-state index in [0.717, 1.165) is 32.4 Å². The van der Waals surface area contributed by atoms with Crippen LogP contribution in [-0.2, 0) is 0 Å². The quantitative estimate of drug-likeness (QED) is 0.462. The molecule has 0 saturated heterocycles. The molecule has 0 aliphatic rings. The Kier molecular flexibility index (Phi) is 8.20. The van der Waals surface area contributed by atoms with Gasteiger partial charge in [-0.1, -0.05) is 6.92 Å². The lowest BCUT2D eigenvalue weighted by Gasteiger charge is -2.07. The van der Waals surface area contributed by atoms with Crippen molar-refractivity contribution in [1.29, 1.82) is 0 Å². The van der Waals surface area contributed by atoms with E-state index in [2.05, 4.69) is 17.2 Å². The summed E-state index contributed by atoms with van der Waals surface area (Å²) in [5.41, 5.74) is 0. The molecule has 0 aliphatic heterocycles. The minimum Gasteiger partial charge on any atom is -0.393 e. The molecule has 2 N–H and O–H groups in total. The number of aliphatic hydroxyl groups excluding tert-OH is 1. The maximum absolute atomic E-state index is 9.19. The zero-order valence-corrected chi connectivity index (χ0v) is 8.06. The van der Waals surface area contributed by atoms with E-state index in [1.54, 1.807) is 0 Å². The molecule has 0 heterocycles. The van der Waals surface area contributed by atoms with Gasteiger partial charge >= 0.3 is 0 Å². The van der Waals surface area contributed by atoms with Crippen LogP contribution in [0.2, 0.25) is 0 Å². The van der Waals surface area contributed by atoms with Gasteiger partial charge < -0.3 is 10.4 Å². The highest BCUT2D eigenvalue weighted by atomic mass is 16.3. The Balaban J connectivity index is 3.03. The van der Waals surface area contributed by atoms with Crippen LogP contribution in [-0.4, -0.2) is 24.3 Å². The van der Waals surface area contributed by atoms with Gasteiger partial charge in [0.15, 0.2) is 0 Å². The van der Waals surface area contributed by atoms with Crippen molar-refractivity contribution in [2.75, 3.05) is 13.1 Å². The molecular formula is C10H19NO. The first kappa shape index (κ1) is 11.5. The molecule has 0 amide bonds. The fraction of sp³-hybridized carbons (Fsp3) is 0.800. The average Bonchev–Trinajstić information content (AvgIpc) is 2.10. The van der Waals surface area contributed by atoms with Gasteiger partial charge in [-0.05, 0) is 26.3 Å². The molecule has 0 aromatic rings. The van der Waals surface area contributed by atoms with Crippen molar-refractivity contribution in [3.63, 3.8) is 0 Å². The van der Waals surface area contributed by atoms with Crippen molar-refractivity contribution in [1.82, 2.24) is 5.32 Å². The van der Waals surface area contributed by atoms with Crippen LogP contribution < -0.4 is 5.32 Å². The van der Waals surface area contributed by atoms with E-state index in [9.17, 15) is 5.11 Å². The van der Waals surface area contributed by atoms with Crippen LogP contribution in [0.4, 0.5) is 0 Å². The van der Waals surface area contributed by atoms with E-state index in [0.29, 0.717) is 0 Å². The smallest absolute Gasteiger partial charge is 0.0549 e. The normalized spacial score (nSPS) is 11.9. The van der Waals surface area contributed by atoms with Gasteiger partial charge in [0.05, 0.1) is 6.10 Å². The predicted molar refractivity (Wildman–Crippen MR) is 51.9 cm³/mol. The second-order valence-corrected chi connectivity index (χ2v) is 2.78. The molecule has 0 spiro atoms. The first-order valence-corrected chi connectivity index (χ1v) is 4.59. The lowest BCUT2D eigenvalue weighted by Crippen LogP contribution is -2.20. The summed E-state index contributed by atoms with van der Waals surface area (Å²) in [6, 6.07) is 0. The summed E-state index contributed by atoms with van der Waals surface area (Å²) in [7, 11) is 0. The van der Waals surface area contributed by atoms with Crippen molar-refractivity contribution in [2.24, 2.45) is 0 Å². The van der Waals surface area contributed by atoms with Crippen molar-refractivity contribution >= 4 is 0 Å². The fourth-order valence-electron chi connectivity index (χ4n) is 0.874. The molecule has 0 radical (unpaired) electrons. The van der Waals surface area contributed by atoms with Crippen LogP contribution in [0, 0.1) is 11.8 Å². The third-order valence-electron chi connectivity index (χ3n) is 1.73. The minimum absolute atomic E-state index is 0.144. The minimum atomic E-state index is -0.144. The van der Waals surface area contributed by atoms with Crippen LogP contribution in [0.1, 0.15) is 33.1 Å². The molecule has 12 heavy (non-hydrogen) atoms. The van der Waals surface area contributed by atoms with Crippen molar-refractivity contribution in [2.45, 2.75) is 39.2 Å². The molecule has 2 nitrogen and oxygen atoms in total. The van der Waals surface area contributed by atoms with Crippen LogP contribution in [0.25, 0.3) is 0 Å². The number of hydrogen-bond acceptors (Lipinski definition) is 2. The van der Waals surface area contributed by atoms with E-state index < -0.39 is 0 Å². The second-order valence-electron chi connectivity index (χ2n) is 2.78. The molecule has 2 heteroatoms. The summed E-state index contributed by atoms with van der Waals surface area (Å²) in [6.07, 6.45) is 2.44. The molecule has 0 saturated carbocycles. The number of rotatable bonds is 6. The first-order chi connectivity index (χ1) is 5.81. The highest BCUT2D eigenvalue weighted by Gasteiger charge is 1.97. The lowest BCUT2D eigenvalue weighted by atomic mass is 10.2. The third kappa shape index (κ3) is 7.59. The summed E-state index contributed by atoms with van der Waals surface area (Å²) in [5.74, 6) is 5.81. The summed E-state index contributed by atoms with van der Waals surface area (Å²) < 4.78 is 0. The monoisotopic (exact) mass is 169 g/mol. The Bertz CT molecular complexity index is 146. The summed E-state index contributed by atoms with van der Waals surface area (Å²) in [5, 5.41) is 12.4. The molecule has 0 aromatic heterocycles. The first-order valence-electron chi connectivity index (χ1n) is 4.59. The van der Waals surface area contributed by atoms with Crippen LogP contribution in [0.3, 0.4) is 0 Å². The molecule has 0 rings (SSSR count). The highest BCUT2D eigenvalue weighted by molar-refractivity contribution is 4.95. The molecule has 70 valence electrons. The number of hydrogen-bond donors (Lipinski definition) is 2. The summed E-state index contributed by atoms with van der Waals surface area (Å²) in [6.45, 7) is 5.66. The van der Waals surface area contributed by atoms with Gasteiger partial charge in [-0.25, -0.2) is 0 Å². The maximum Gasteiger partial charge on any atom is 0.0549 e.